The van der Waals surface area contributed by atoms with Crippen molar-refractivity contribution in [2.75, 3.05) is 12.8 Å². The minimum atomic E-state index is 0.719. The van der Waals surface area contributed by atoms with Gasteiger partial charge in [0.25, 0.3) is 0 Å². The zero-order valence-electron chi connectivity index (χ0n) is 6.19. The number of imidazole rings is 1. The Morgan fingerprint density at radius 3 is 2.91 bits per heavy atom. The van der Waals surface area contributed by atoms with Crippen molar-refractivity contribution in [3.05, 3.63) is 24.7 Å². The number of hydrogen-bond acceptors (Lipinski definition) is 2. The topological polar surface area (TPSA) is 44.6 Å². The van der Waals surface area contributed by atoms with E-state index in [2.05, 4.69) is 0 Å². The van der Waals surface area contributed by atoms with Gasteiger partial charge in [0.15, 0.2) is 5.65 Å². The minimum Gasteiger partial charge on any atom is -0.416 e. The SMILES string of the molecule is COn1ccn2ccc(N)c12. The summed E-state index contributed by atoms with van der Waals surface area (Å²) in [5, 5.41) is 0. The maximum absolute atomic E-state index is 5.68. The molecular formula is C7H9N3O. The highest BCUT2D eigenvalue weighted by atomic mass is 16.6. The van der Waals surface area contributed by atoms with Crippen molar-refractivity contribution in [1.82, 2.24) is 9.13 Å². The number of rotatable bonds is 1. The van der Waals surface area contributed by atoms with Gasteiger partial charge in [-0.25, -0.2) is 0 Å². The van der Waals surface area contributed by atoms with Crippen LogP contribution in [-0.4, -0.2) is 16.2 Å². The minimum absolute atomic E-state index is 0.719. The van der Waals surface area contributed by atoms with Crippen LogP contribution in [0, 0.1) is 0 Å². The molecule has 0 amide bonds. The zero-order chi connectivity index (χ0) is 7.84. The van der Waals surface area contributed by atoms with E-state index in [0.29, 0.717) is 0 Å². The molecule has 0 radical (unpaired) electrons. The summed E-state index contributed by atoms with van der Waals surface area (Å²) in [7, 11) is 1.60. The van der Waals surface area contributed by atoms with Crippen molar-refractivity contribution in [1.29, 1.82) is 0 Å². The van der Waals surface area contributed by atoms with Crippen molar-refractivity contribution in [3.63, 3.8) is 0 Å². The average Bonchev–Trinajstić information content (AvgIpc) is 2.54. The summed E-state index contributed by atoms with van der Waals surface area (Å²) in [6.45, 7) is 0. The summed E-state index contributed by atoms with van der Waals surface area (Å²) in [6.07, 6.45) is 5.58. The van der Waals surface area contributed by atoms with Gasteiger partial charge < -0.3 is 15.0 Å². The predicted molar refractivity (Wildman–Crippen MR) is 42.3 cm³/mol. The number of nitrogens with zero attached hydrogens (tertiary/aromatic N) is 2. The van der Waals surface area contributed by atoms with Gasteiger partial charge in [-0.05, 0) is 6.07 Å². The smallest absolute Gasteiger partial charge is 0.176 e. The molecule has 0 bridgehead atoms. The van der Waals surface area contributed by atoms with E-state index in [-0.39, 0.29) is 0 Å². The van der Waals surface area contributed by atoms with Gasteiger partial charge >= 0.3 is 0 Å². The normalized spacial score (nSPS) is 10.6. The lowest BCUT2D eigenvalue weighted by Gasteiger charge is -1.99. The van der Waals surface area contributed by atoms with Gasteiger partial charge in [0, 0.05) is 12.4 Å². The van der Waals surface area contributed by atoms with Crippen LogP contribution < -0.4 is 10.6 Å². The van der Waals surface area contributed by atoms with E-state index in [1.54, 1.807) is 11.8 Å². The van der Waals surface area contributed by atoms with Crippen molar-refractivity contribution >= 4 is 11.3 Å². The largest absolute Gasteiger partial charge is 0.416 e. The molecule has 0 unspecified atom stereocenters. The van der Waals surface area contributed by atoms with Crippen LogP contribution in [0.15, 0.2) is 24.7 Å². The molecule has 2 rings (SSSR count). The van der Waals surface area contributed by atoms with Gasteiger partial charge in [0.2, 0.25) is 0 Å². The second kappa shape index (κ2) is 1.95. The highest BCUT2D eigenvalue weighted by Gasteiger charge is 2.03. The summed E-state index contributed by atoms with van der Waals surface area (Å²) in [6, 6.07) is 1.84. The monoisotopic (exact) mass is 151 g/mol. The molecule has 0 aliphatic carbocycles. The first kappa shape index (κ1) is 6.15. The van der Waals surface area contributed by atoms with Crippen LogP contribution in [-0.2, 0) is 0 Å². The lowest BCUT2D eigenvalue weighted by molar-refractivity contribution is 0.178. The number of nitrogen functional groups attached to an aromatic ring is 1. The third-order valence-electron chi connectivity index (χ3n) is 1.69. The lowest BCUT2D eigenvalue weighted by atomic mass is 10.5. The maximum atomic E-state index is 5.68. The fourth-order valence-corrected chi connectivity index (χ4v) is 1.17. The molecule has 2 N–H and O–H groups in total. The quantitative estimate of drug-likeness (QED) is 0.640. The number of nitrogens with two attached hydrogens (primary N) is 1. The van der Waals surface area contributed by atoms with Gasteiger partial charge in [-0.3, -0.25) is 0 Å². The average molecular weight is 151 g/mol. The van der Waals surface area contributed by atoms with Crippen molar-refractivity contribution in [2.45, 2.75) is 0 Å². The Labute approximate surface area is 63.7 Å². The fourth-order valence-electron chi connectivity index (χ4n) is 1.17. The van der Waals surface area contributed by atoms with Crippen molar-refractivity contribution in [2.24, 2.45) is 0 Å². The van der Waals surface area contributed by atoms with E-state index in [9.17, 15) is 0 Å². The molecule has 0 saturated heterocycles. The Balaban J connectivity index is 2.80. The Hall–Kier alpha value is -1.58. The van der Waals surface area contributed by atoms with E-state index in [0.717, 1.165) is 11.3 Å². The molecule has 2 aromatic heterocycles. The van der Waals surface area contributed by atoms with Crippen LogP contribution in [0.4, 0.5) is 5.69 Å². The Bertz CT molecular complexity index is 374. The molecule has 0 saturated carbocycles. The van der Waals surface area contributed by atoms with Gasteiger partial charge in [-0.1, -0.05) is 0 Å². The molecule has 2 heterocycles. The molecule has 58 valence electrons. The molecule has 4 nitrogen and oxygen atoms in total. The lowest BCUT2D eigenvalue weighted by Crippen LogP contribution is -2.04. The first-order valence-electron chi connectivity index (χ1n) is 3.31. The first-order chi connectivity index (χ1) is 5.33. The molecular weight excluding hydrogens is 142 g/mol. The Kier molecular flexibility index (Phi) is 1.09. The summed E-state index contributed by atoms with van der Waals surface area (Å²) in [5.41, 5.74) is 7.26. The molecule has 4 heteroatoms. The van der Waals surface area contributed by atoms with Crippen molar-refractivity contribution < 1.29 is 4.84 Å². The van der Waals surface area contributed by atoms with Crippen LogP contribution in [0.2, 0.25) is 0 Å². The summed E-state index contributed by atoms with van der Waals surface area (Å²) >= 11 is 0. The second-order valence-electron chi connectivity index (χ2n) is 2.31. The van der Waals surface area contributed by atoms with Crippen LogP contribution in [0.5, 0.6) is 0 Å². The van der Waals surface area contributed by atoms with E-state index >= 15 is 0 Å². The third-order valence-corrected chi connectivity index (χ3v) is 1.69. The molecule has 11 heavy (non-hydrogen) atoms. The van der Waals surface area contributed by atoms with Gasteiger partial charge in [0.1, 0.15) is 7.11 Å². The zero-order valence-corrected chi connectivity index (χ0v) is 6.19. The molecule has 0 spiro atoms. The van der Waals surface area contributed by atoms with E-state index in [1.807, 2.05) is 29.1 Å². The summed E-state index contributed by atoms with van der Waals surface area (Å²) in [4.78, 5) is 5.02. The Morgan fingerprint density at radius 1 is 1.36 bits per heavy atom. The molecule has 0 fully saturated rings. The van der Waals surface area contributed by atoms with Crippen LogP contribution in [0.3, 0.4) is 0 Å². The van der Waals surface area contributed by atoms with Gasteiger partial charge in [-0.2, -0.15) is 4.73 Å². The van der Waals surface area contributed by atoms with Crippen LogP contribution in [0.25, 0.3) is 5.65 Å². The number of aromatic nitrogens is 2. The molecule has 0 aromatic carbocycles. The molecule has 0 aliphatic rings. The highest BCUT2D eigenvalue weighted by Crippen LogP contribution is 2.13. The summed E-state index contributed by atoms with van der Waals surface area (Å²) < 4.78 is 3.52. The van der Waals surface area contributed by atoms with E-state index in [1.165, 1.54) is 0 Å². The third kappa shape index (κ3) is 0.690. The second-order valence-corrected chi connectivity index (χ2v) is 2.31. The fraction of sp³-hybridized carbons (Fsp3) is 0.143. The van der Waals surface area contributed by atoms with E-state index < -0.39 is 0 Å². The number of hydrogen-bond donors (Lipinski definition) is 1. The first-order valence-corrected chi connectivity index (χ1v) is 3.31. The van der Waals surface area contributed by atoms with Crippen LogP contribution >= 0.6 is 0 Å². The van der Waals surface area contributed by atoms with Crippen molar-refractivity contribution in [3.8, 4) is 0 Å². The predicted octanol–water partition coefficient (Wildman–Crippen LogP) is 0.381. The Morgan fingerprint density at radius 2 is 2.18 bits per heavy atom. The molecule has 0 aliphatic heterocycles. The molecule has 0 atom stereocenters. The number of anilines is 1. The summed E-state index contributed by atoms with van der Waals surface area (Å²) in [5.74, 6) is 0. The molecule has 2 aromatic rings. The van der Waals surface area contributed by atoms with Crippen LogP contribution in [0.1, 0.15) is 0 Å². The highest BCUT2D eigenvalue weighted by molar-refractivity contribution is 5.65. The standard InChI is InChI=1S/C7H9N3O/c1-11-10-5-4-9-3-2-6(8)7(9)10/h2-5H,8H2,1H3. The number of fused-ring (bicyclic) bond motifs is 1. The van der Waals surface area contributed by atoms with E-state index in [4.69, 9.17) is 10.6 Å². The maximum Gasteiger partial charge on any atom is 0.176 e. The van der Waals surface area contributed by atoms with Gasteiger partial charge in [0.05, 0.1) is 11.9 Å². The van der Waals surface area contributed by atoms with Gasteiger partial charge in [-0.15, -0.1) is 0 Å².